The van der Waals surface area contributed by atoms with Crippen LogP contribution < -0.4 is 10.1 Å². The standard InChI is InChI=1S/C14H12FNO2/c1-18-13-11(15)8-5-9-12(13)16-14(17)10-6-3-2-4-7-10/h2-9H,1H3,(H,16,17). The van der Waals surface area contributed by atoms with Gasteiger partial charge in [-0.2, -0.15) is 0 Å². The van der Waals surface area contributed by atoms with Crippen molar-refractivity contribution in [1.82, 2.24) is 0 Å². The van der Waals surface area contributed by atoms with Crippen molar-refractivity contribution in [2.75, 3.05) is 12.4 Å². The Labute approximate surface area is 104 Å². The van der Waals surface area contributed by atoms with Gasteiger partial charge in [0.05, 0.1) is 12.8 Å². The topological polar surface area (TPSA) is 38.3 Å². The molecule has 0 unspecified atom stereocenters. The van der Waals surface area contributed by atoms with Gasteiger partial charge < -0.3 is 10.1 Å². The van der Waals surface area contributed by atoms with Crippen LogP contribution in [0.25, 0.3) is 0 Å². The van der Waals surface area contributed by atoms with Crippen molar-refractivity contribution >= 4 is 11.6 Å². The lowest BCUT2D eigenvalue weighted by atomic mass is 10.2. The highest BCUT2D eigenvalue weighted by molar-refractivity contribution is 6.04. The highest BCUT2D eigenvalue weighted by atomic mass is 19.1. The number of anilines is 1. The third-order valence-corrected chi connectivity index (χ3v) is 2.46. The maximum atomic E-state index is 13.4. The summed E-state index contributed by atoms with van der Waals surface area (Å²) in [6.45, 7) is 0. The minimum Gasteiger partial charge on any atom is -0.492 e. The van der Waals surface area contributed by atoms with Gasteiger partial charge in [0.2, 0.25) is 0 Å². The minimum atomic E-state index is -0.511. The smallest absolute Gasteiger partial charge is 0.255 e. The number of nitrogens with one attached hydrogen (secondary N) is 1. The van der Waals surface area contributed by atoms with Crippen LogP contribution in [0.4, 0.5) is 10.1 Å². The zero-order valence-electron chi connectivity index (χ0n) is 9.81. The first kappa shape index (κ1) is 12.1. The number of hydrogen-bond donors (Lipinski definition) is 1. The Bertz CT molecular complexity index is 555. The molecular weight excluding hydrogens is 233 g/mol. The number of hydrogen-bond acceptors (Lipinski definition) is 2. The Balaban J connectivity index is 2.25. The molecule has 3 nitrogen and oxygen atoms in total. The number of methoxy groups -OCH3 is 1. The largest absolute Gasteiger partial charge is 0.492 e. The molecule has 0 fully saturated rings. The fourth-order valence-electron chi connectivity index (χ4n) is 1.60. The van der Waals surface area contributed by atoms with Crippen molar-refractivity contribution in [3.8, 4) is 5.75 Å². The Morgan fingerprint density at radius 2 is 1.83 bits per heavy atom. The lowest BCUT2D eigenvalue weighted by molar-refractivity contribution is 0.102. The molecule has 1 amide bonds. The van der Waals surface area contributed by atoms with E-state index in [0.717, 1.165) is 0 Å². The van der Waals surface area contributed by atoms with Gasteiger partial charge >= 0.3 is 0 Å². The van der Waals surface area contributed by atoms with Crippen LogP contribution in [-0.4, -0.2) is 13.0 Å². The molecule has 0 spiro atoms. The lowest BCUT2D eigenvalue weighted by Crippen LogP contribution is -2.12. The van der Waals surface area contributed by atoms with E-state index in [4.69, 9.17) is 4.74 Å². The number of carbonyl (C=O) groups is 1. The molecule has 0 saturated carbocycles. The summed E-state index contributed by atoms with van der Waals surface area (Å²) >= 11 is 0. The summed E-state index contributed by atoms with van der Waals surface area (Å²) in [5.41, 5.74) is 0.815. The second-order valence-electron chi connectivity index (χ2n) is 3.64. The van der Waals surface area contributed by atoms with E-state index in [0.29, 0.717) is 11.3 Å². The van der Waals surface area contributed by atoms with Gasteiger partial charge in [-0.05, 0) is 24.3 Å². The van der Waals surface area contributed by atoms with E-state index < -0.39 is 5.82 Å². The average molecular weight is 245 g/mol. The molecule has 0 saturated heterocycles. The molecule has 92 valence electrons. The van der Waals surface area contributed by atoms with Crippen molar-refractivity contribution in [1.29, 1.82) is 0 Å². The summed E-state index contributed by atoms with van der Waals surface area (Å²) in [4.78, 5) is 11.9. The zero-order chi connectivity index (χ0) is 13.0. The van der Waals surface area contributed by atoms with Gasteiger partial charge in [0.25, 0.3) is 5.91 Å². The third-order valence-electron chi connectivity index (χ3n) is 2.46. The number of para-hydroxylation sites is 1. The number of halogens is 1. The minimum absolute atomic E-state index is 0.0294. The summed E-state index contributed by atoms with van der Waals surface area (Å²) < 4.78 is 18.4. The summed E-state index contributed by atoms with van der Waals surface area (Å²) in [7, 11) is 1.36. The van der Waals surface area contributed by atoms with Gasteiger partial charge in [-0.25, -0.2) is 4.39 Å². The van der Waals surface area contributed by atoms with E-state index in [-0.39, 0.29) is 11.7 Å². The van der Waals surface area contributed by atoms with Crippen molar-refractivity contribution < 1.29 is 13.9 Å². The summed E-state index contributed by atoms with van der Waals surface area (Å²) in [5.74, 6) is -0.787. The summed E-state index contributed by atoms with van der Waals surface area (Å²) in [5, 5.41) is 2.61. The van der Waals surface area contributed by atoms with Gasteiger partial charge in [-0.1, -0.05) is 24.3 Å². The van der Waals surface area contributed by atoms with Gasteiger partial charge in [-0.15, -0.1) is 0 Å². The Morgan fingerprint density at radius 3 is 2.50 bits per heavy atom. The number of amides is 1. The van der Waals surface area contributed by atoms with E-state index in [1.807, 2.05) is 6.07 Å². The zero-order valence-corrected chi connectivity index (χ0v) is 9.81. The highest BCUT2D eigenvalue weighted by Crippen LogP contribution is 2.27. The molecule has 0 heterocycles. The molecule has 1 N–H and O–H groups in total. The molecular formula is C14H12FNO2. The highest BCUT2D eigenvalue weighted by Gasteiger charge is 2.12. The van der Waals surface area contributed by atoms with Crippen LogP contribution in [0.1, 0.15) is 10.4 Å². The van der Waals surface area contributed by atoms with Crippen molar-refractivity contribution in [3.63, 3.8) is 0 Å². The predicted molar refractivity (Wildman–Crippen MR) is 67.3 cm³/mol. The SMILES string of the molecule is COc1c(F)cccc1NC(=O)c1ccccc1. The normalized spacial score (nSPS) is 9.89. The van der Waals surface area contributed by atoms with E-state index >= 15 is 0 Å². The van der Waals surface area contributed by atoms with Crippen LogP contribution in [0.15, 0.2) is 48.5 Å². The molecule has 0 atom stereocenters. The number of carbonyl (C=O) groups excluding carboxylic acids is 1. The molecule has 2 rings (SSSR count). The molecule has 0 bridgehead atoms. The monoisotopic (exact) mass is 245 g/mol. The first-order chi connectivity index (χ1) is 8.72. The lowest BCUT2D eigenvalue weighted by Gasteiger charge is -2.10. The van der Waals surface area contributed by atoms with Gasteiger partial charge in [0.1, 0.15) is 0 Å². The molecule has 2 aromatic rings. The van der Waals surface area contributed by atoms with Crippen molar-refractivity contribution in [2.24, 2.45) is 0 Å². The number of rotatable bonds is 3. The average Bonchev–Trinajstić information content (AvgIpc) is 2.40. The Kier molecular flexibility index (Phi) is 3.57. The molecule has 4 heteroatoms. The van der Waals surface area contributed by atoms with Crippen molar-refractivity contribution in [2.45, 2.75) is 0 Å². The Hall–Kier alpha value is -2.36. The first-order valence-electron chi connectivity index (χ1n) is 5.41. The first-order valence-corrected chi connectivity index (χ1v) is 5.41. The van der Waals surface area contributed by atoms with Crippen LogP contribution in [0, 0.1) is 5.82 Å². The van der Waals surface area contributed by atoms with E-state index in [2.05, 4.69) is 5.32 Å². The van der Waals surface area contributed by atoms with Gasteiger partial charge in [0, 0.05) is 5.56 Å². The molecule has 2 aromatic carbocycles. The van der Waals surface area contributed by atoms with Gasteiger partial charge in [0.15, 0.2) is 11.6 Å². The van der Waals surface area contributed by atoms with Crippen LogP contribution in [0.3, 0.4) is 0 Å². The predicted octanol–water partition coefficient (Wildman–Crippen LogP) is 3.09. The van der Waals surface area contributed by atoms with Crippen LogP contribution in [0.2, 0.25) is 0 Å². The number of benzene rings is 2. The summed E-state index contributed by atoms with van der Waals surface area (Å²) in [6.07, 6.45) is 0. The molecule has 0 aliphatic carbocycles. The second kappa shape index (κ2) is 5.31. The van der Waals surface area contributed by atoms with E-state index in [1.54, 1.807) is 30.3 Å². The quantitative estimate of drug-likeness (QED) is 0.902. The molecule has 0 aliphatic heterocycles. The van der Waals surface area contributed by atoms with Crippen LogP contribution in [0.5, 0.6) is 5.75 Å². The van der Waals surface area contributed by atoms with Crippen LogP contribution in [-0.2, 0) is 0 Å². The van der Waals surface area contributed by atoms with E-state index in [1.165, 1.54) is 19.2 Å². The van der Waals surface area contributed by atoms with Gasteiger partial charge in [-0.3, -0.25) is 4.79 Å². The fourth-order valence-corrected chi connectivity index (χ4v) is 1.60. The molecule has 18 heavy (non-hydrogen) atoms. The Morgan fingerprint density at radius 1 is 1.11 bits per heavy atom. The summed E-state index contributed by atoms with van der Waals surface area (Å²) in [6, 6.07) is 13.1. The molecule has 0 radical (unpaired) electrons. The number of ether oxygens (including phenoxy) is 1. The van der Waals surface area contributed by atoms with Crippen molar-refractivity contribution in [3.05, 3.63) is 59.9 Å². The van der Waals surface area contributed by atoms with Crippen LogP contribution >= 0.6 is 0 Å². The molecule has 0 aliphatic rings. The molecule has 0 aromatic heterocycles. The van der Waals surface area contributed by atoms with E-state index in [9.17, 15) is 9.18 Å². The maximum Gasteiger partial charge on any atom is 0.255 e. The maximum absolute atomic E-state index is 13.4. The second-order valence-corrected chi connectivity index (χ2v) is 3.64. The fraction of sp³-hybridized carbons (Fsp3) is 0.0714. The third kappa shape index (κ3) is 2.48.